The first-order valence-corrected chi connectivity index (χ1v) is 6.11. The standard InChI is InChI=1S/C14H18N2O/c1-11-14(6-7-17-11)10-16-9-13-4-2-12(8-15)3-5-13/h2-5,11,14,16H,6-7,9-10H2,1H3. The van der Waals surface area contributed by atoms with Crippen LogP contribution in [0.3, 0.4) is 0 Å². The van der Waals surface area contributed by atoms with Gasteiger partial charge in [-0.25, -0.2) is 0 Å². The highest BCUT2D eigenvalue weighted by Crippen LogP contribution is 2.19. The lowest BCUT2D eigenvalue weighted by Gasteiger charge is -2.14. The van der Waals surface area contributed by atoms with Gasteiger partial charge in [0.05, 0.1) is 17.7 Å². The molecule has 1 aromatic rings. The van der Waals surface area contributed by atoms with Gasteiger partial charge in [-0.3, -0.25) is 0 Å². The molecule has 1 aliphatic heterocycles. The van der Waals surface area contributed by atoms with Gasteiger partial charge in [0.15, 0.2) is 0 Å². The summed E-state index contributed by atoms with van der Waals surface area (Å²) in [6, 6.07) is 9.84. The van der Waals surface area contributed by atoms with Gasteiger partial charge in [-0.05, 0) is 37.0 Å². The normalized spacial score (nSPS) is 23.5. The van der Waals surface area contributed by atoms with E-state index in [-0.39, 0.29) is 0 Å². The Labute approximate surface area is 102 Å². The van der Waals surface area contributed by atoms with E-state index in [0.717, 1.165) is 26.1 Å². The smallest absolute Gasteiger partial charge is 0.0991 e. The average Bonchev–Trinajstić information content (AvgIpc) is 2.76. The van der Waals surface area contributed by atoms with Gasteiger partial charge in [-0.1, -0.05) is 12.1 Å². The second-order valence-corrected chi connectivity index (χ2v) is 4.56. The van der Waals surface area contributed by atoms with Crippen LogP contribution in [-0.4, -0.2) is 19.3 Å². The van der Waals surface area contributed by atoms with Crippen molar-refractivity contribution in [2.24, 2.45) is 5.92 Å². The second-order valence-electron chi connectivity index (χ2n) is 4.56. The molecule has 0 aliphatic carbocycles. The maximum atomic E-state index is 8.70. The third kappa shape index (κ3) is 3.29. The Bertz CT molecular complexity index is 394. The Morgan fingerprint density at radius 3 is 2.76 bits per heavy atom. The van der Waals surface area contributed by atoms with Gasteiger partial charge in [0.2, 0.25) is 0 Å². The summed E-state index contributed by atoms with van der Waals surface area (Å²) in [6.45, 7) is 4.89. The fourth-order valence-electron chi connectivity index (χ4n) is 2.14. The largest absolute Gasteiger partial charge is 0.378 e. The maximum Gasteiger partial charge on any atom is 0.0991 e. The summed E-state index contributed by atoms with van der Waals surface area (Å²) in [5.74, 6) is 0.633. The highest BCUT2D eigenvalue weighted by molar-refractivity contribution is 5.31. The molecule has 2 atom stereocenters. The molecule has 0 saturated carbocycles. The van der Waals surface area contributed by atoms with E-state index in [1.165, 1.54) is 5.56 Å². The lowest BCUT2D eigenvalue weighted by Crippen LogP contribution is -2.26. The van der Waals surface area contributed by atoms with Crippen LogP contribution in [0.1, 0.15) is 24.5 Å². The predicted molar refractivity (Wildman–Crippen MR) is 66.4 cm³/mol. The monoisotopic (exact) mass is 230 g/mol. The molecule has 0 spiro atoms. The Kier molecular flexibility index (Phi) is 4.13. The lowest BCUT2D eigenvalue weighted by molar-refractivity contribution is 0.105. The van der Waals surface area contributed by atoms with Crippen molar-refractivity contribution in [1.82, 2.24) is 5.32 Å². The van der Waals surface area contributed by atoms with Crippen molar-refractivity contribution < 1.29 is 4.74 Å². The Hall–Kier alpha value is -1.37. The zero-order valence-corrected chi connectivity index (χ0v) is 10.1. The van der Waals surface area contributed by atoms with Crippen LogP contribution >= 0.6 is 0 Å². The number of rotatable bonds is 4. The van der Waals surface area contributed by atoms with Crippen molar-refractivity contribution in [2.75, 3.05) is 13.2 Å². The van der Waals surface area contributed by atoms with E-state index in [0.29, 0.717) is 17.6 Å². The summed E-state index contributed by atoms with van der Waals surface area (Å²) in [7, 11) is 0. The molecule has 0 radical (unpaired) electrons. The Balaban J connectivity index is 1.76. The van der Waals surface area contributed by atoms with E-state index in [1.54, 1.807) is 0 Å². The van der Waals surface area contributed by atoms with E-state index in [1.807, 2.05) is 24.3 Å². The summed E-state index contributed by atoms with van der Waals surface area (Å²) in [6.07, 6.45) is 1.53. The molecule has 2 rings (SSSR count). The van der Waals surface area contributed by atoms with Crippen LogP contribution in [0.25, 0.3) is 0 Å². The summed E-state index contributed by atoms with van der Waals surface area (Å²) >= 11 is 0. The molecule has 0 bridgehead atoms. The molecular formula is C14H18N2O. The van der Waals surface area contributed by atoms with Crippen LogP contribution in [0.15, 0.2) is 24.3 Å². The first kappa shape index (κ1) is 12.1. The minimum Gasteiger partial charge on any atom is -0.378 e. The number of nitrogens with zero attached hydrogens (tertiary/aromatic N) is 1. The van der Waals surface area contributed by atoms with E-state index in [9.17, 15) is 0 Å². The summed E-state index contributed by atoms with van der Waals surface area (Å²) in [5.41, 5.74) is 1.93. The van der Waals surface area contributed by atoms with Gasteiger partial charge in [0.25, 0.3) is 0 Å². The molecule has 1 fully saturated rings. The number of hydrogen-bond acceptors (Lipinski definition) is 3. The first-order chi connectivity index (χ1) is 8.29. The summed E-state index contributed by atoms with van der Waals surface area (Å²) in [5, 5.41) is 12.1. The lowest BCUT2D eigenvalue weighted by atomic mass is 10.0. The van der Waals surface area contributed by atoms with Crippen LogP contribution in [0.2, 0.25) is 0 Å². The molecular weight excluding hydrogens is 212 g/mol. The first-order valence-electron chi connectivity index (χ1n) is 6.11. The van der Waals surface area contributed by atoms with Gasteiger partial charge in [0, 0.05) is 19.7 Å². The van der Waals surface area contributed by atoms with Crippen molar-refractivity contribution >= 4 is 0 Å². The predicted octanol–water partition coefficient (Wildman–Crippen LogP) is 2.07. The average molecular weight is 230 g/mol. The molecule has 1 saturated heterocycles. The van der Waals surface area contributed by atoms with Crippen LogP contribution in [0, 0.1) is 17.2 Å². The van der Waals surface area contributed by atoms with Crippen molar-refractivity contribution in [2.45, 2.75) is 26.0 Å². The summed E-state index contributed by atoms with van der Waals surface area (Å²) in [4.78, 5) is 0. The molecule has 2 unspecified atom stereocenters. The van der Waals surface area contributed by atoms with Gasteiger partial charge < -0.3 is 10.1 Å². The molecule has 17 heavy (non-hydrogen) atoms. The number of hydrogen-bond donors (Lipinski definition) is 1. The molecule has 3 heteroatoms. The maximum absolute atomic E-state index is 8.70. The highest BCUT2D eigenvalue weighted by Gasteiger charge is 2.23. The molecule has 90 valence electrons. The minimum absolute atomic E-state index is 0.378. The van der Waals surface area contributed by atoms with Gasteiger partial charge in [-0.15, -0.1) is 0 Å². The van der Waals surface area contributed by atoms with Crippen LogP contribution in [-0.2, 0) is 11.3 Å². The van der Waals surface area contributed by atoms with Crippen molar-refractivity contribution in [3.05, 3.63) is 35.4 Å². The minimum atomic E-state index is 0.378. The van der Waals surface area contributed by atoms with Crippen molar-refractivity contribution in [1.29, 1.82) is 5.26 Å². The SMILES string of the molecule is CC1OCCC1CNCc1ccc(C#N)cc1. The molecule has 0 amide bonds. The van der Waals surface area contributed by atoms with E-state index >= 15 is 0 Å². The van der Waals surface area contributed by atoms with E-state index < -0.39 is 0 Å². The van der Waals surface area contributed by atoms with Crippen LogP contribution in [0.5, 0.6) is 0 Å². The molecule has 0 aromatic heterocycles. The highest BCUT2D eigenvalue weighted by atomic mass is 16.5. The number of benzene rings is 1. The molecule has 1 aromatic carbocycles. The molecule has 1 N–H and O–H groups in total. The van der Waals surface area contributed by atoms with Gasteiger partial charge >= 0.3 is 0 Å². The Morgan fingerprint density at radius 1 is 1.41 bits per heavy atom. The molecule has 1 heterocycles. The van der Waals surface area contributed by atoms with Crippen molar-refractivity contribution in [3.63, 3.8) is 0 Å². The topological polar surface area (TPSA) is 45.0 Å². The number of ether oxygens (including phenoxy) is 1. The van der Waals surface area contributed by atoms with Gasteiger partial charge in [0.1, 0.15) is 0 Å². The van der Waals surface area contributed by atoms with E-state index in [4.69, 9.17) is 10.00 Å². The zero-order valence-electron chi connectivity index (χ0n) is 10.1. The number of nitriles is 1. The fraction of sp³-hybridized carbons (Fsp3) is 0.500. The van der Waals surface area contributed by atoms with Crippen molar-refractivity contribution in [3.8, 4) is 6.07 Å². The van der Waals surface area contributed by atoms with Crippen LogP contribution < -0.4 is 5.32 Å². The third-order valence-corrected chi connectivity index (χ3v) is 3.35. The fourth-order valence-corrected chi connectivity index (χ4v) is 2.14. The zero-order chi connectivity index (χ0) is 12.1. The second kappa shape index (κ2) is 5.81. The quantitative estimate of drug-likeness (QED) is 0.861. The summed E-state index contributed by atoms with van der Waals surface area (Å²) < 4.78 is 5.52. The van der Waals surface area contributed by atoms with Crippen LogP contribution in [0.4, 0.5) is 0 Å². The van der Waals surface area contributed by atoms with E-state index in [2.05, 4.69) is 18.3 Å². The Morgan fingerprint density at radius 2 is 2.18 bits per heavy atom. The molecule has 1 aliphatic rings. The number of nitrogens with one attached hydrogen (secondary N) is 1. The molecule has 3 nitrogen and oxygen atoms in total. The third-order valence-electron chi connectivity index (χ3n) is 3.35. The van der Waals surface area contributed by atoms with Gasteiger partial charge in [-0.2, -0.15) is 5.26 Å².